The van der Waals surface area contributed by atoms with Crippen molar-refractivity contribution in [1.29, 1.82) is 0 Å². The van der Waals surface area contributed by atoms with E-state index in [4.69, 9.17) is 0 Å². The van der Waals surface area contributed by atoms with Crippen LogP contribution in [0.5, 0.6) is 0 Å². The monoisotopic (exact) mass is 188 g/mol. The molecule has 0 saturated heterocycles. The molecular formula is C14H20. The molecule has 0 atom stereocenters. The molecule has 0 radical (unpaired) electrons. The van der Waals surface area contributed by atoms with Crippen molar-refractivity contribution in [3.8, 4) is 0 Å². The second-order valence-corrected chi connectivity index (χ2v) is 4.47. The number of hydrogen-bond donors (Lipinski definition) is 0. The lowest BCUT2D eigenvalue weighted by Crippen LogP contribution is -1.86. The minimum Gasteiger partial charge on any atom is -0.0654 e. The van der Waals surface area contributed by atoms with E-state index in [-0.39, 0.29) is 0 Å². The molecule has 14 heavy (non-hydrogen) atoms. The highest BCUT2D eigenvalue weighted by molar-refractivity contribution is 5.28. The van der Waals surface area contributed by atoms with Crippen LogP contribution in [0.15, 0.2) is 24.3 Å². The molecule has 2 rings (SSSR count). The molecule has 0 aliphatic heterocycles. The van der Waals surface area contributed by atoms with Crippen LogP contribution in [0.2, 0.25) is 0 Å². The van der Waals surface area contributed by atoms with E-state index in [9.17, 15) is 0 Å². The summed E-state index contributed by atoms with van der Waals surface area (Å²) in [5.41, 5.74) is 3.08. The second-order valence-electron chi connectivity index (χ2n) is 4.47. The van der Waals surface area contributed by atoms with Crippen LogP contribution >= 0.6 is 0 Å². The average molecular weight is 188 g/mol. The summed E-state index contributed by atoms with van der Waals surface area (Å²) >= 11 is 0. The van der Waals surface area contributed by atoms with Gasteiger partial charge in [0.15, 0.2) is 0 Å². The first-order valence-corrected chi connectivity index (χ1v) is 5.99. The maximum Gasteiger partial charge on any atom is -0.0162 e. The fourth-order valence-corrected chi connectivity index (χ4v) is 1.95. The Labute approximate surface area is 87.3 Å². The molecule has 76 valence electrons. The zero-order valence-corrected chi connectivity index (χ0v) is 9.13. The number of hydrogen-bond acceptors (Lipinski definition) is 0. The van der Waals surface area contributed by atoms with Gasteiger partial charge in [-0.25, -0.2) is 0 Å². The Morgan fingerprint density at radius 3 is 2.36 bits per heavy atom. The fourth-order valence-electron chi connectivity index (χ4n) is 1.95. The van der Waals surface area contributed by atoms with Gasteiger partial charge in [-0.15, -0.1) is 0 Å². The Bertz CT molecular complexity index is 267. The summed E-state index contributed by atoms with van der Waals surface area (Å²) in [5.74, 6) is 0.902. The molecule has 0 heteroatoms. The van der Waals surface area contributed by atoms with Crippen LogP contribution in [0.1, 0.15) is 56.1 Å². The first-order chi connectivity index (χ1) is 6.90. The summed E-state index contributed by atoms with van der Waals surface area (Å²) in [6, 6.07) is 9.31. The molecule has 0 aromatic heterocycles. The van der Waals surface area contributed by atoms with Gasteiger partial charge < -0.3 is 0 Å². The molecule has 0 nitrogen and oxygen atoms in total. The summed E-state index contributed by atoms with van der Waals surface area (Å²) in [6.07, 6.45) is 8.12. The summed E-state index contributed by atoms with van der Waals surface area (Å²) in [5, 5.41) is 0. The van der Waals surface area contributed by atoms with E-state index >= 15 is 0 Å². The van der Waals surface area contributed by atoms with Crippen LogP contribution in [0, 0.1) is 0 Å². The average Bonchev–Trinajstić information content (AvgIpc) is 3.03. The molecule has 0 amide bonds. The Kier molecular flexibility index (Phi) is 3.23. The van der Waals surface area contributed by atoms with Gasteiger partial charge in [-0.3, -0.25) is 0 Å². The van der Waals surface area contributed by atoms with E-state index in [0.717, 1.165) is 5.92 Å². The molecule has 1 aromatic rings. The van der Waals surface area contributed by atoms with Gasteiger partial charge in [0, 0.05) is 0 Å². The van der Waals surface area contributed by atoms with Gasteiger partial charge in [0.2, 0.25) is 0 Å². The Hall–Kier alpha value is -0.780. The van der Waals surface area contributed by atoms with Gasteiger partial charge in [0.25, 0.3) is 0 Å². The highest BCUT2D eigenvalue weighted by atomic mass is 14.3. The van der Waals surface area contributed by atoms with E-state index in [1.54, 1.807) is 5.56 Å². The first-order valence-electron chi connectivity index (χ1n) is 5.99. The Morgan fingerprint density at radius 1 is 1.07 bits per heavy atom. The van der Waals surface area contributed by atoms with Crippen molar-refractivity contribution in [2.45, 2.75) is 51.4 Å². The molecule has 0 heterocycles. The molecule has 1 aliphatic carbocycles. The predicted octanol–water partition coefficient (Wildman–Crippen LogP) is 4.30. The zero-order chi connectivity index (χ0) is 9.80. The molecule has 1 fully saturated rings. The number of aryl methyl sites for hydroxylation is 1. The van der Waals surface area contributed by atoms with E-state index in [2.05, 4.69) is 31.2 Å². The third-order valence-electron chi connectivity index (χ3n) is 3.10. The molecule has 0 bridgehead atoms. The van der Waals surface area contributed by atoms with Crippen LogP contribution in [0.3, 0.4) is 0 Å². The Balaban J connectivity index is 1.86. The molecule has 1 saturated carbocycles. The topological polar surface area (TPSA) is 0 Å². The molecule has 0 unspecified atom stereocenters. The number of unbranched alkanes of at least 4 members (excludes halogenated alkanes) is 2. The van der Waals surface area contributed by atoms with Crippen LogP contribution in [0.25, 0.3) is 0 Å². The lowest BCUT2D eigenvalue weighted by molar-refractivity contribution is 0.717. The van der Waals surface area contributed by atoms with Crippen molar-refractivity contribution in [3.05, 3.63) is 35.4 Å². The fraction of sp³-hybridized carbons (Fsp3) is 0.571. The number of benzene rings is 1. The summed E-state index contributed by atoms with van der Waals surface area (Å²) in [4.78, 5) is 0. The van der Waals surface area contributed by atoms with Gasteiger partial charge in [-0.2, -0.15) is 0 Å². The highest BCUT2D eigenvalue weighted by Crippen LogP contribution is 2.39. The third kappa shape index (κ3) is 2.60. The van der Waals surface area contributed by atoms with Crippen molar-refractivity contribution in [2.75, 3.05) is 0 Å². The van der Waals surface area contributed by atoms with Crippen LogP contribution in [0.4, 0.5) is 0 Å². The van der Waals surface area contributed by atoms with Gasteiger partial charge in [-0.1, -0.05) is 44.0 Å². The number of rotatable bonds is 5. The molecule has 0 N–H and O–H groups in total. The van der Waals surface area contributed by atoms with Crippen molar-refractivity contribution in [2.24, 2.45) is 0 Å². The quantitative estimate of drug-likeness (QED) is 0.604. The normalized spacial score (nSPS) is 15.8. The summed E-state index contributed by atoms with van der Waals surface area (Å²) < 4.78 is 0. The third-order valence-corrected chi connectivity index (χ3v) is 3.10. The smallest absolute Gasteiger partial charge is 0.0162 e. The highest BCUT2D eigenvalue weighted by Gasteiger charge is 2.22. The van der Waals surface area contributed by atoms with Gasteiger partial charge in [-0.05, 0) is 42.7 Å². The molecule has 1 aromatic carbocycles. The van der Waals surface area contributed by atoms with E-state index in [1.165, 1.54) is 44.1 Å². The largest absolute Gasteiger partial charge is 0.0654 e. The lowest BCUT2D eigenvalue weighted by Gasteiger charge is -2.02. The van der Waals surface area contributed by atoms with Crippen molar-refractivity contribution in [1.82, 2.24) is 0 Å². The second kappa shape index (κ2) is 4.63. The van der Waals surface area contributed by atoms with Crippen molar-refractivity contribution < 1.29 is 0 Å². The minimum absolute atomic E-state index is 0.902. The summed E-state index contributed by atoms with van der Waals surface area (Å²) in [6.45, 7) is 2.26. The molecule has 1 aliphatic rings. The molecule has 0 spiro atoms. The van der Waals surface area contributed by atoms with Crippen molar-refractivity contribution in [3.63, 3.8) is 0 Å². The maximum absolute atomic E-state index is 2.33. The lowest BCUT2D eigenvalue weighted by atomic mass is 10.0. The van der Waals surface area contributed by atoms with Gasteiger partial charge in [0.05, 0.1) is 0 Å². The standard InChI is InChI=1S/C14H20/c1-2-3-4-5-12-6-8-13(9-7-12)14-10-11-14/h6-9,14H,2-5,10-11H2,1H3. The van der Waals surface area contributed by atoms with E-state index in [0.29, 0.717) is 0 Å². The predicted molar refractivity (Wildman–Crippen MR) is 61.6 cm³/mol. The molecular weight excluding hydrogens is 168 g/mol. The van der Waals surface area contributed by atoms with Gasteiger partial charge >= 0.3 is 0 Å². The van der Waals surface area contributed by atoms with Crippen LogP contribution in [-0.2, 0) is 6.42 Å². The minimum atomic E-state index is 0.902. The van der Waals surface area contributed by atoms with E-state index in [1.807, 2.05) is 0 Å². The maximum atomic E-state index is 2.33. The Morgan fingerprint density at radius 2 is 1.79 bits per heavy atom. The van der Waals surface area contributed by atoms with Crippen LogP contribution in [-0.4, -0.2) is 0 Å². The summed E-state index contributed by atoms with van der Waals surface area (Å²) in [7, 11) is 0. The van der Waals surface area contributed by atoms with Crippen LogP contribution < -0.4 is 0 Å². The van der Waals surface area contributed by atoms with Gasteiger partial charge in [0.1, 0.15) is 0 Å². The van der Waals surface area contributed by atoms with Crippen molar-refractivity contribution >= 4 is 0 Å². The SMILES string of the molecule is CCCCCc1ccc(C2CC2)cc1. The first kappa shape index (κ1) is 9.76. The van der Waals surface area contributed by atoms with E-state index < -0.39 is 0 Å². The zero-order valence-electron chi connectivity index (χ0n) is 9.13.